The third-order valence-corrected chi connectivity index (χ3v) is 7.04. The number of aliphatic carboxylic acids is 2. The number of rotatable bonds is 5. The van der Waals surface area contributed by atoms with E-state index in [0.717, 1.165) is 30.9 Å². The van der Waals surface area contributed by atoms with Gasteiger partial charge in [0.2, 0.25) is 5.88 Å². The first-order chi connectivity index (χ1) is 19.6. The van der Waals surface area contributed by atoms with E-state index in [4.69, 9.17) is 24.5 Å². The van der Waals surface area contributed by atoms with E-state index in [1.165, 1.54) is 4.88 Å². The quantitative estimate of drug-likeness (QED) is 0.404. The lowest BCUT2D eigenvalue weighted by Gasteiger charge is -2.38. The van der Waals surface area contributed by atoms with Gasteiger partial charge in [0.25, 0.3) is 5.91 Å². The van der Waals surface area contributed by atoms with E-state index in [2.05, 4.69) is 36.9 Å². The van der Waals surface area contributed by atoms with E-state index < -0.39 is 24.3 Å². The smallest absolute Gasteiger partial charge is 0.481 e. The zero-order valence-electron chi connectivity index (χ0n) is 21.7. The number of fused-ring (bicyclic) bond motifs is 3. The maximum Gasteiger partial charge on any atom is 0.490 e. The molecule has 5 rings (SSSR count). The molecule has 10 nitrogen and oxygen atoms in total. The molecule has 3 aromatic rings. The summed E-state index contributed by atoms with van der Waals surface area (Å²) in [7, 11) is 1.66. The van der Waals surface area contributed by atoms with Crippen molar-refractivity contribution in [2.45, 2.75) is 37.5 Å². The van der Waals surface area contributed by atoms with Gasteiger partial charge in [-0.1, -0.05) is 12.1 Å². The average Bonchev–Trinajstić information content (AvgIpc) is 3.67. The molecule has 17 heteroatoms. The standard InChI is InChI=1S/C21H22N4O2S.2C2HF3O2/c1-27-20-15(5-2-8-22-20)11-23-13-18-19(14-23)25(12-16-6-4-10-28-16)21(26)17-7-3-9-24(17)18;2*3-2(4,5)1(6)7/h2-10,18-19H,11-14H2,1H3;2*(H,6,7). The van der Waals surface area contributed by atoms with Crippen LogP contribution in [0.2, 0.25) is 0 Å². The number of carbonyl (C=O) groups is 3. The molecule has 1 fully saturated rings. The fourth-order valence-corrected chi connectivity index (χ4v) is 5.15. The van der Waals surface area contributed by atoms with Gasteiger partial charge in [-0.15, -0.1) is 11.3 Å². The summed E-state index contributed by atoms with van der Waals surface area (Å²) in [6, 6.07) is 12.5. The van der Waals surface area contributed by atoms with Crippen molar-refractivity contribution >= 4 is 29.2 Å². The molecule has 0 bridgehead atoms. The Labute approximate surface area is 238 Å². The molecule has 42 heavy (non-hydrogen) atoms. The molecule has 2 N–H and O–H groups in total. The van der Waals surface area contributed by atoms with Gasteiger partial charge >= 0.3 is 24.3 Å². The fourth-order valence-electron chi connectivity index (χ4n) is 4.45. The minimum absolute atomic E-state index is 0.125. The Kier molecular flexibility index (Phi) is 10.2. The van der Waals surface area contributed by atoms with Crippen LogP contribution in [0.3, 0.4) is 0 Å². The number of nitrogens with zero attached hydrogens (tertiary/aromatic N) is 4. The largest absolute Gasteiger partial charge is 0.490 e. The molecule has 0 radical (unpaired) electrons. The Hall–Kier alpha value is -4.12. The van der Waals surface area contributed by atoms with Crippen LogP contribution in [0.25, 0.3) is 0 Å². The highest BCUT2D eigenvalue weighted by Crippen LogP contribution is 2.36. The minimum atomic E-state index is -5.08. The first-order valence-corrected chi connectivity index (χ1v) is 12.8. The number of halogens is 6. The number of methoxy groups -OCH3 is 1. The third kappa shape index (κ3) is 8.00. The van der Waals surface area contributed by atoms with Crippen molar-refractivity contribution in [2.75, 3.05) is 20.2 Å². The van der Waals surface area contributed by atoms with E-state index in [-0.39, 0.29) is 18.0 Å². The van der Waals surface area contributed by atoms with Crippen molar-refractivity contribution in [3.8, 4) is 5.88 Å². The Morgan fingerprint density at radius 2 is 1.60 bits per heavy atom. The summed E-state index contributed by atoms with van der Waals surface area (Å²) in [4.78, 5) is 41.0. The van der Waals surface area contributed by atoms with Crippen LogP contribution in [0.4, 0.5) is 26.3 Å². The SMILES string of the molecule is COc1ncccc1CN1CC2C(C1)n1cccc1C(=O)N2Cc1cccs1.O=C(O)C(F)(F)F.O=C(O)C(F)(F)F. The van der Waals surface area contributed by atoms with Crippen molar-refractivity contribution in [3.63, 3.8) is 0 Å². The number of carbonyl (C=O) groups excluding carboxylic acids is 1. The maximum absolute atomic E-state index is 13.2. The number of likely N-dealkylation sites (tertiary alicyclic amines) is 1. The number of carboxylic acid groups (broad SMARTS) is 2. The molecular weight excluding hydrogens is 598 g/mol. The van der Waals surface area contributed by atoms with Gasteiger partial charge in [-0.2, -0.15) is 26.3 Å². The molecule has 0 saturated carbocycles. The summed E-state index contributed by atoms with van der Waals surface area (Å²) in [5, 5.41) is 16.3. The molecule has 228 valence electrons. The summed E-state index contributed by atoms with van der Waals surface area (Å²) in [5.41, 5.74) is 1.87. The number of ether oxygens (including phenoxy) is 1. The third-order valence-electron chi connectivity index (χ3n) is 6.18. The highest BCUT2D eigenvalue weighted by atomic mass is 32.1. The molecule has 2 aliphatic heterocycles. The fraction of sp³-hybridized carbons (Fsp3) is 0.360. The van der Waals surface area contributed by atoms with Crippen molar-refractivity contribution in [1.82, 2.24) is 19.4 Å². The van der Waals surface area contributed by atoms with Crippen molar-refractivity contribution in [2.24, 2.45) is 0 Å². The van der Waals surface area contributed by atoms with Crippen LogP contribution in [0.5, 0.6) is 5.88 Å². The number of aromatic nitrogens is 2. The van der Waals surface area contributed by atoms with Gasteiger partial charge in [0, 0.05) is 42.5 Å². The summed E-state index contributed by atoms with van der Waals surface area (Å²) in [5.74, 6) is -4.72. The summed E-state index contributed by atoms with van der Waals surface area (Å²) < 4.78 is 71.1. The van der Waals surface area contributed by atoms with Crippen molar-refractivity contribution < 1.29 is 55.7 Å². The summed E-state index contributed by atoms with van der Waals surface area (Å²) in [6.45, 7) is 3.19. The van der Waals surface area contributed by atoms with Crippen LogP contribution in [-0.4, -0.2) is 86.0 Å². The van der Waals surface area contributed by atoms with Gasteiger partial charge < -0.3 is 24.4 Å². The Bertz CT molecular complexity index is 1350. The van der Waals surface area contributed by atoms with Gasteiger partial charge in [0.1, 0.15) is 5.69 Å². The Morgan fingerprint density at radius 3 is 2.14 bits per heavy atom. The molecule has 0 spiro atoms. The second-order valence-corrected chi connectivity index (χ2v) is 9.95. The monoisotopic (exact) mass is 622 g/mol. The van der Waals surface area contributed by atoms with E-state index in [1.807, 2.05) is 30.5 Å². The van der Waals surface area contributed by atoms with Gasteiger partial charge in [-0.25, -0.2) is 14.6 Å². The Balaban J connectivity index is 0.000000289. The minimum Gasteiger partial charge on any atom is -0.481 e. The molecule has 2 unspecified atom stereocenters. The molecule has 0 aromatic carbocycles. The molecule has 2 aliphatic rings. The number of carboxylic acids is 2. The Morgan fingerprint density at radius 1 is 0.976 bits per heavy atom. The summed E-state index contributed by atoms with van der Waals surface area (Å²) >= 11 is 1.71. The lowest BCUT2D eigenvalue weighted by Crippen LogP contribution is -2.49. The molecule has 5 heterocycles. The van der Waals surface area contributed by atoms with E-state index >= 15 is 0 Å². The lowest BCUT2D eigenvalue weighted by molar-refractivity contribution is -0.193. The maximum atomic E-state index is 13.2. The predicted molar refractivity (Wildman–Crippen MR) is 135 cm³/mol. The number of pyridine rings is 1. The lowest BCUT2D eigenvalue weighted by atomic mass is 10.1. The van der Waals surface area contributed by atoms with Crippen LogP contribution >= 0.6 is 11.3 Å². The number of thiophene rings is 1. The zero-order valence-corrected chi connectivity index (χ0v) is 22.5. The number of amides is 1. The molecule has 1 saturated heterocycles. The molecular formula is C25H24F6N4O6S. The van der Waals surface area contributed by atoms with Crippen LogP contribution < -0.4 is 4.74 Å². The van der Waals surface area contributed by atoms with E-state index in [9.17, 15) is 31.1 Å². The second kappa shape index (κ2) is 13.2. The number of alkyl halides is 6. The van der Waals surface area contributed by atoms with Gasteiger partial charge in [0.05, 0.1) is 25.7 Å². The van der Waals surface area contributed by atoms with E-state index in [0.29, 0.717) is 12.4 Å². The number of hydrogen-bond donors (Lipinski definition) is 2. The van der Waals surface area contributed by atoms with Crippen molar-refractivity contribution in [1.29, 1.82) is 0 Å². The van der Waals surface area contributed by atoms with Crippen LogP contribution in [0.1, 0.15) is 27.0 Å². The van der Waals surface area contributed by atoms with Crippen molar-refractivity contribution in [3.05, 3.63) is 70.3 Å². The average molecular weight is 623 g/mol. The normalized spacial score (nSPS) is 18.2. The molecule has 3 aromatic heterocycles. The molecule has 0 aliphatic carbocycles. The van der Waals surface area contributed by atoms with Crippen LogP contribution in [0, 0.1) is 0 Å². The highest BCUT2D eigenvalue weighted by molar-refractivity contribution is 7.09. The van der Waals surface area contributed by atoms with Gasteiger partial charge in [-0.3, -0.25) is 9.69 Å². The predicted octanol–water partition coefficient (Wildman–Crippen LogP) is 4.30. The topological polar surface area (TPSA) is 125 Å². The van der Waals surface area contributed by atoms with E-state index in [1.54, 1.807) is 24.6 Å². The zero-order chi connectivity index (χ0) is 31.2. The first kappa shape index (κ1) is 32.4. The van der Waals surface area contributed by atoms with Crippen LogP contribution in [-0.2, 0) is 22.7 Å². The van der Waals surface area contributed by atoms with Gasteiger partial charge in [-0.05, 0) is 29.6 Å². The van der Waals surface area contributed by atoms with Gasteiger partial charge in [0.15, 0.2) is 0 Å². The second-order valence-electron chi connectivity index (χ2n) is 8.92. The highest BCUT2D eigenvalue weighted by Gasteiger charge is 2.45. The number of hydrogen-bond acceptors (Lipinski definition) is 7. The molecule has 2 atom stereocenters. The summed E-state index contributed by atoms with van der Waals surface area (Å²) in [6.07, 6.45) is -6.37. The van der Waals surface area contributed by atoms with Crippen LogP contribution in [0.15, 0.2) is 54.2 Å². The first-order valence-electron chi connectivity index (χ1n) is 11.9. The molecule has 1 amide bonds.